The van der Waals surface area contributed by atoms with Crippen LogP contribution in [0.3, 0.4) is 0 Å². The molecule has 3 rings (SSSR count). The minimum atomic E-state index is -0.631. The van der Waals surface area contributed by atoms with E-state index >= 15 is 4.39 Å². The van der Waals surface area contributed by atoms with Crippen LogP contribution in [-0.2, 0) is 14.3 Å². The molecule has 40 heavy (non-hydrogen) atoms. The molecule has 0 radical (unpaired) electrons. The molecular weight excluding hydrogens is 515 g/mol. The van der Waals surface area contributed by atoms with E-state index in [4.69, 9.17) is 14.2 Å². The van der Waals surface area contributed by atoms with Gasteiger partial charge in [0.1, 0.15) is 5.75 Å². The SMILES string of the molecule is COc1cc(F)c(O[C@H]2CC[C@@](C)(C(=O)OC)CC2)cc1C(=O)N[C@H]1[C@@H](C(=O)NCC(C)(C)C)[C@H](C)CC[C@@H]1C. The summed E-state index contributed by atoms with van der Waals surface area (Å²) >= 11 is 0. The van der Waals surface area contributed by atoms with Crippen LogP contribution in [-0.4, -0.2) is 50.7 Å². The fourth-order valence-electron chi connectivity index (χ4n) is 5.89. The van der Waals surface area contributed by atoms with Crippen LogP contribution in [0.5, 0.6) is 11.5 Å². The lowest BCUT2D eigenvalue weighted by Gasteiger charge is -2.40. The maximum atomic E-state index is 15.0. The van der Waals surface area contributed by atoms with Crippen molar-refractivity contribution in [3.8, 4) is 11.5 Å². The summed E-state index contributed by atoms with van der Waals surface area (Å²) in [5.74, 6) is -1.54. The number of carbonyl (C=O) groups is 3. The van der Waals surface area contributed by atoms with Gasteiger partial charge in [-0.2, -0.15) is 0 Å². The molecule has 0 aromatic heterocycles. The van der Waals surface area contributed by atoms with Gasteiger partial charge in [0.15, 0.2) is 11.6 Å². The zero-order valence-corrected chi connectivity index (χ0v) is 25.3. The van der Waals surface area contributed by atoms with Crippen LogP contribution in [0, 0.1) is 34.4 Å². The molecule has 0 saturated heterocycles. The van der Waals surface area contributed by atoms with Crippen LogP contribution >= 0.6 is 0 Å². The number of ether oxygens (including phenoxy) is 3. The second-order valence-electron chi connectivity index (χ2n) is 13.2. The predicted molar refractivity (Wildman–Crippen MR) is 151 cm³/mol. The van der Waals surface area contributed by atoms with Gasteiger partial charge in [0.25, 0.3) is 5.91 Å². The van der Waals surface area contributed by atoms with Gasteiger partial charge in [0, 0.05) is 18.7 Å². The molecule has 0 aliphatic heterocycles. The van der Waals surface area contributed by atoms with Crippen molar-refractivity contribution in [1.29, 1.82) is 0 Å². The Morgan fingerprint density at radius 1 is 1.00 bits per heavy atom. The van der Waals surface area contributed by atoms with E-state index < -0.39 is 17.1 Å². The monoisotopic (exact) mass is 562 g/mol. The molecule has 2 amide bonds. The minimum absolute atomic E-state index is 0.0397. The number of nitrogens with one attached hydrogen (secondary N) is 2. The highest BCUT2D eigenvalue weighted by Crippen LogP contribution is 2.40. The average Bonchev–Trinajstić information content (AvgIpc) is 2.90. The zero-order valence-electron chi connectivity index (χ0n) is 25.3. The minimum Gasteiger partial charge on any atom is -0.496 e. The number of methoxy groups -OCH3 is 2. The Morgan fingerprint density at radius 3 is 2.20 bits per heavy atom. The maximum Gasteiger partial charge on any atom is 0.311 e. The Balaban J connectivity index is 1.79. The summed E-state index contributed by atoms with van der Waals surface area (Å²) in [6.45, 7) is 12.7. The first-order chi connectivity index (χ1) is 18.7. The summed E-state index contributed by atoms with van der Waals surface area (Å²) in [5, 5.41) is 6.16. The molecule has 224 valence electrons. The van der Waals surface area contributed by atoms with Crippen LogP contribution in [0.2, 0.25) is 0 Å². The Bertz CT molecular complexity index is 1080. The highest BCUT2D eigenvalue weighted by atomic mass is 19.1. The molecule has 1 aromatic rings. The smallest absolute Gasteiger partial charge is 0.311 e. The first kappa shape index (κ1) is 31.7. The van der Waals surface area contributed by atoms with Crippen molar-refractivity contribution >= 4 is 17.8 Å². The van der Waals surface area contributed by atoms with E-state index in [2.05, 4.69) is 31.4 Å². The molecule has 1 aromatic carbocycles. The molecule has 4 atom stereocenters. The molecule has 0 spiro atoms. The van der Waals surface area contributed by atoms with Crippen LogP contribution in [0.25, 0.3) is 0 Å². The van der Waals surface area contributed by atoms with Crippen molar-refractivity contribution in [2.75, 3.05) is 20.8 Å². The number of rotatable bonds is 8. The van der Waals surface area contributed by atoms with Gasteiger partial charge in [-0.25, -0.2) is 4.39 Å². The first-order valence-electron chi connectivity index (χ1n) is 14.4. The third-order valence-corrected chi connectivity index (χ3v) is 8.59. The van der Waals surface area contributed by atoms with Crippen molar-refractivity contribution in [3.63, 3.8) is 0 Å². The van der Waals surface area contributed by atoms with Gasteiger partial charge in [-0.1, -0.05) is 34.6 Å². The molecule has 0 heterocycles. The Hall–Kier alpha value is -2.84. The van der Waals surface area contributed by atoms with E-state index in [1.165, 1.54) is 20.3 Å². The van der Waals surface area contributed by atoms with Crippen molar-refractivity contribution in [3.05, 3.63) is 23.5 Å². The van der Waals surface area contributed by atoms with Crippen molar-refractivity contribution in [2.24, 2.45) is 28.6 Å². The number of benzene rings is 1. The van der Waals surface area contributed by atoms with E-state index in [0.29, 0.717) is 32.2 Å². The Labute approximate surface area is 238 Å². The van der Waals surface area contributed by atoms with E-state index in [1.54, 1.807) is 0 Å². The number of carbonyl (C=O) groups excluding carboxylic acids is 3. The topological polar surface area (TPSA) is 103 Å². The van der Waals surface area contributed by atoms with Gasteiger partial charge in [-0.05, 0) is 68.8 Å². The summed E-state index contributed by atoms with van der Waals surface area (Å²) in [7, 11) is 2.76. The number of amides is 2. The van der Waals surface area contributed by atoms with Gasteiger partial charge in [-0.3, -0.25) is 14.4 Å². The Morgan fingerprint density at radius 2 is 1.62 bits per heavy atom. The third-order valence-electron chi connectivity index (χ3n) is 8.59. The van der Waals surface area contributed by atoms with E-state index in [0.717, 1.165) is 18.9 Å². The first-order valence-corrected chi connectivity index (χ1v) is 14.4. The number of hydrogen-bond acceptors (Lipinski definition) is 6. The van der Waals surface area contributed by atoms with Crippen molar-refractivity contribution < 1.29 is 33.0 Å². The van der Waals surface area contributed by atoms with Crippen LogP contribution in [0.15, 0.2) is 12.1 Å². The fourth-order valence-corrected chi connectivity index (χ4v) is 5.89. The van der Waals surface area contributed by atoms with Gasteiger partial charge in [0.05, 0.1) is 37.2 Å². The largest absolute Gasteiger partial charge is 0.496 e. The van der Waals surface area contributed by atoms with E-state index in [9.17, 15) is 14.4 Å². The average molecular weight is 563 g/mol. The van der Waals surface area contributed by atoms with Crippen LogP contribution < -0.4 is 20.1 Å². The van der Waals surface area contributed by atoms with E-state index in [1.807, 2.05) is 20.8 Å². The lowest BCUT2D eigenvalue weighted by Crippen LogP contribution is -2.55. The highest BCUT2D eigenvalue weighted by Gasteiger charge is 2.42. The van der Waals surface area contributed by atoms with Gasteiger partial charge in [0.2, 0.25) is 5.91 Å². The van der Waals surface area contributed by atoms with Gasteiger partial charge >= 0.3 is 5.97 Å². The molecule has 2 fully saturated rings. The molecule has 2 aliphatic rings. The molecule has 0 unspecified atom stereocenters. The summed E-state index contributed by atoms with van der Waals surface area (Å²) in [4.78, 5) is 39.1. The van der Waals surface area contributed by atoms with Crippen LogP contribution in [0.1, 0.15) is 90.4 Å². The molecular formula is C31H47FN2O6. The third kappa shape index (κ3) is 7.46. The standard InChI is InChI=1S/C31H47FN2O6/c1-18-9-10-19(2)26(25(18)28(36)33-17-30(3,4)5)34-27(35)21-15-24(22(32)16-23(21)38-7)40-20-11-13-31(6,14-12-20)29(37)39-8/h15-16,18-20,25-26H,9-14,17H2,1-8H3,(H,33,36)(H,34,35)/t18-,19+,20-,25+,26-,31+/m1/s1. The lowest BCUT2D eigenvalue weighted by atomic mass is 9.71. The Kier molecular flexibility index (Phi) is 10.1. The van der Waals surface area contributed by atoms with E-state index in [-0.39, 0.29) is 64.3 Å². The second kappa shape index (κ2) is 12.8. The molecule has 0 bridgehead atoms. The predicted octanol–water partition coefficient (Wildman–Crippen LogP) is 5.28. The number of hydrogen-bond donors (Lipinski definition) is 2. The summed E-state index contributed by atoms with van der Waals surface area (Å²) < 4.78 is 31.3. The quantitative estimate of drug-likeness (QED) is 0.418. The normalized spacial score (nSPS) is 28.8. The summed E-state index contributed by atoms with van der Waals surface area (Å²) in [6, 6.07) is 2.15. The summed E-state index contributed by atoms with van der Waals surface area (Å²) in [6.07, 6.45) is 3.72. The molecule has 8 nitrogen and oxygen atoms in total. The summed E-state index contributed by atoms with van der Waals surface area (Å²) in [5.41, 5.74) is -0.498. The molecule has 2 saturated carbocycles. The van der Waals surface area contributed by atoms with Crippen molar-refractivity contribution in [1.82, 2.24) is 10.6 Å². The zero-order chi connectivity index (χ0) is 29.8. The van der Waals surface area contributed by atoms with Gasteiger partial charge in [-0.15, -0.1) is 0 Å². The highest BCUT2D eigenvalue weighted by molar-refractivity contribution is 5.98. The van der Waals surface area contributed by atoms with Crippen LogP contribution in [0.4, 0.5) is 4.39 Å². The molecule has 2 N–H and O–H groups in total. The molecule has 2 aliphatic carbocycles. The number of halogens is 1. The second-order valence-corrected chi connectivity index (χ2v) is 13.2. The maximum absolute atomic E-state index is 15.0. The fraction of sp³-hybridized carbons (Fsp3) is 0.710. The molecule has 9 heteroatoms. The van der Waals surface area contributed by atoms with Crippen molar-refractivity contribution in [2.45, 2.75) is 92.2 Å². The van der Waals surface area contributed by atoms with Gasteiger partial charge < -0.3 is 24.8 Å². The number of esters is 1. The lowest BCUT2D eigenvalue weighted by molar-refractivity contribution is -0.154.